The van der Waals surface area contributed by atoms with Gasteiger partial charge >= 0.3 is 5.97 Å². The molecule has 1 aliphatic carbocycles. The average molecular weight is 418 g/mol. The summed E-state index contributed by atoms with van der Waals surface area (Å²) in [5, 5.41) is 21.1. The maximum Gasteiger partial charge on any atom is 0.337 e. The van der Waals surface area contributed by atoms with Crippen molar-refractivity contribution in [3.05, 3.63) is 27.8 Å². The summed E-state index contributed by atoms with van der Waals surface area (Å²) in [6.07, 6.45) is 5.00. The number of carbonyl (C=O) groups excluding carboxylic acids is 1. The topological polar surface area (TPSA) is 77.8 Å². The lowest BCUT2D eigenvalue weighted by Crippen LogP contribution is -2.47. The predicted octanol–water partition coefficient (Wildman–Crippen LogP) is 3.43. The van der Waals surface area contributed by atoms with Crippen LogP contribution in [0.2, 0.25) is 19.6 Å². The molecule has 1 heterocycles. The largest absolute Gasteiger partial charge is 0.479 e. The summed E-state index contributed by atoms with van der Waals surface area (Å²) in [5.74, 6) is -0.504. The van der Waals surface area contributed by atoms with Gasteiger partial charge < -0.3 is 15.1 Å². The van der Waals surface area contributed by atoms with E-state index in [4.69, 9.17) is 0 Å². The van der Waals surface area contributed by atoms with Gasteiger partial charge in [0, 0.05) is 13.1 Å². The molecule has 0 unspecified atom stereocenters. The van der Waals surface area contributed by atoms with Crippen molar-refractivity contribution in [3.8, 4) is 0 Å². The molecule has 1 aromatic rings. The minimum atomic E-state index is -1.93. The molecule has 160 valence electrons. The maximum absolute atomic E-state index is 12.9. The smallest absolute Gasteiger partial charge is 0.337 e. The second kappa shape index (κ2) is 8.23. The Balaban J connectivity index is 2.06. The van der Waals surface area contributed by atoms with E-state index in [1.54, 1.807) is 0 Å². The molecule has 1 aliphatic heterocycles. The van der Waals surface area contributed by atoms with Gasteiger partial charge in [0.25, 0.3) is 0 Å². The van der Waals surface area contributed by atoms with Crippen LogP contribution in [0.5, 0.6) is 0 Å². The molecule has 29 heavy (non-hydrogen) atoms. The SMILES string of the molecule is Cc1c2c(c(C)c([Si](C)(C)C)c1[C@H](O)C(=O)O)CN(CC1CCCCC1)C(=O)C2. The van der Waals surface area contributed by atoms with Gasteiger partial charge in [-0.1, -0.05) is 44.1 Å². The highest BCUT2D eigenvalue weighted by atomic mass is 28.3. The molecule has 0 aromatic heterocycles. The minimum absolute atomic E-state index is 0.127. The number of hydrogen-bond donors (Lipinski definition) is 2. The molecule has 2 aliphatic rings. The van der Waals surface area contributed by atoms with Crippen LogP contribution < -0.4 is 5.19 Å². The molecule has 6 heteroatoms. The van der Waals surface area contributed by atoms with Crippen molar-refractivity contribution < 1.29 is 19.8 Å². The highest BCUT2D eigenvalue weighted by molar-refractivity contribution is 6.89. The minimum Gasteiger partial charge on any atom is -0.479 e. The number of benzene rings is 1. The van der Waals surface area contributed by atoms with Crippen LogP contribution in [0, 0.1) is 19.8 Å². The van der Waals surface area contributed by atoms with Gasteiger partial charge in [-0.05, 0) is 60.4 Å². The third-order valence-corrected chi connectivity index (χ3v) is 8.95. The van der Waals surface area contributed by atoms with E-state index in [1.807, 2.05) is 11.8 Å². The van der Waals surface area contributed by atoms with Crippen molar-refractivity contribution in [1.29, 1.82) is 0 Å². The highest BCUT2D eigenvalue weighted by Crippen LogP contribution is 2.34. The number of carboxylic acid groups (broad SMARTS) is 1. The monoisotopic (exact) mass is 417 g/mol. The first-order valence-corrected chi connectivity index (χ1v) is 14.4. The Hall–Kier alpha value is -1.66. The van der Waals surface area contributed by atoms with Crippen LogP contribution in [-0.2, 0) is 22.6 Å². The van der Waals surface area contributed by atoms with Gasteiger partial charge in [0.1, 0.15) is 0 Å². The van der Waals surface area contributed by atoms with Gasteiger partial charge in [-0.2, -0.15) is 0 Å². The number of aliphatic carboxylic acids is 1. The van der Waals surface area contributed by atoms with Gasteiger partial charge in [0.2, 0.25) is 5.91 Å². The first-order valence-electron chi connectivity index (χ1n) is 10.9. The van der Waals surface area contributed by atoms with Crippen molar-refractivity contribution in [1.82, 2.24) is 4.90 Å². The number of aliphatic hydroxyl groups is 1. The number of aliphatic hydroxyl groups excluding tert-OH is 1. The molecule has 3 rings (SSSR count). The van der Waals surface area contributed by atoms with E-state index in [-0.39, 0.29) is 5.91 Å². The Morgan fingerprint density at radius 1 is 1.10 bits per heavy atom. The van der Waals surface area contributed by atoms with E-state index in [2.05, 4.69) is 26.6 Å². The van der Waals surface area contributed by atoms with Gasteiger partial charge in [0.05, 0.1) is 14.5 Å². The molecule has 5 nitrogen and oxygen atoms in total. The first kappa shape index (κ1) is 22.0. The summed E-state index contributed by atoms with van der Waals surface area (Å²) in [7, 11) is -1.93. The highest BCUT2D eigenvalue weighted by Gasteiger charge is 2.36. The van der Waals surface area contributed by atoms with Crippen molar-refractivity contribution in [2.24, 2.45) is 5.92 Å². The zero-order valence-electron chi connectivity index (χ0n) is 18.5. The molecule has 0 saturated heterocycles. The van der Waals surface area contributed by atoms with E-state index in [0.717, 1.165) is 28.4 Å². The Morgan fingerprint density at radius 2 is 1.72 bits per heavy atom. The molecule has 1 amide bonds. The quantitative estimate of drug-likeness (QED) is 0.720. The first-order chi connectivity index (χ1) is 13.5. The van der Waals surface area contributed by atoms with Gasteiger partial charge in [-0.25, -0.2) is 4.79 Å². The standard InChI is InChI=1S/C23H35NO4Si/c1-14-17-11-19(25)24(12-16-9-7-6-8-10-16)13-18(17)15(2)22(29(3,4)5)20(14)21(26)23(27)28/h16,21,26H,6-13H2,1-5H3,(H,27,28)/t21-/m0/s1. The number of carboxylic acids is 1. The molecule has 1 saturated carbocycles. The van der Waals surface area contributed by atoms with E-state index in [1.165, 1.54) is 37.7 Å². The number of carbonyl (C=O) groups is 2. The van der Waals surface area contributed by atoms with Crippen LogP contribution in [0.4, 0.5) is 0 Å². The van der Waals surface area contributed by atoms with Crippen molar-refractivity contribution in [2.75, 3.05) is 6.54 Å². The van der Waals surface area contributed by atoms with E-state index >= 15 is 0 Å². The molecule has 0 spiro atoms. The lowest BCUT2D eigenvalue weighted by atomic mass is 9.84. The van der Waals surface area contributed by atoms with E-state index in [0.29, 0.717) is 24.4 Å². The van der Waals surface area contributed by atoms with Crippen molar-refractivity contribution >= 4 is 25.1 Å². The molecular formula is C23H35NO4Si. The Labute approximate surface area is 175 Å². The lowest BCUT2D eigenvalue weighted by molar-refractivity contribution is -0.146. The molecule has 1 fully saturated rings. The average Bonchev–Trinajstić information content (AvgIpc) is 2.64. The fraction of sp³-hybridized carbons (Fsp3) is 0.652. The Morgan fingerprint density at radius 3 is 2.28 bits per heavy atom. The molecular weight excluding hydrogens is 382 g/mol. The fourth-order valence-electron chi connectivity index (χ4n) is 5.43. The van der Waals surface area contributed by atoms with Crippen molar-refractivity contribution in [2.45, 2.75) is 84.7 Å². The second-order valence-electron chi connectivity index (χ2n) is 9.94. The van der Waals surface area contributed by atoms with Gasteiger partial charge in [-0.15, -0.1) is 0 Å². The lowest BCUT2D eigenvalue weighted by Gasteiger charge is -2.37. The number of amides is 1. The Bertz CT molecular complexity index is 821. The van der Waals surface area contributed by atoms with Crippen LogP contribution in [0.25, 0.3) is 0 Å². The summed E-state index contributed by atoms with van der Waals surface area (Å²) < 4.78 is 0. The zero-order chi connectivity index (χ0) is 21.5. The fourth-order valence-corrected chi connectivity index (χ4v) is 7.84. The third kappa shape index (κ3) is 4.28. The van der Waals surface area contributed by atoms with Crippen LogP contribution in [0.1, 0.15) is 66.0 Å². The summed E-state index contributed by atoms with van der Waals surface area (Å²) >= 11 is 0. The second-order valence-corrected chi connectivity index (χ2v) is 14.9. The van der Waals surface area contributed by atoms with E-state index < -0.39 is 20.1 Å². The van der Waals surface area contributed by atoms with Crippen LogP contribution in [0.15, 0.2) is 0 Å². The predicted molar refractivity (Wildman–Crippen MR) is 117 cm³/mol. The van der Waals surface area contributed by atoms with Gasteiger partial charge in [-0.3, -0.25) is 4.79 Å². The zero-order valence-corrected chi connectivity index (χ0v) is 19.5. The van der Waals surface area contributed by atoms with Crippen LogP contribution in [-0.4, -0.2) is 41.6 Å². The van der Waals surface area contributed by atoms with Crippen LogP contribution >= 0.6 is 0 Å². The molecule has 0 bridgehead atoms. The number of hydrogen-bond acceptors (Lipinski definition) is 3. The van der Waals surface area contributed by atoms with E-state index in [9.17, 15) is 19.8 Å². The summed E-state index contributed by atoms with van der Waals surface area (Å²) in [5.41, 5.74) is 4.52. The molecule has 1 aromatic carbocycles. The number of nitrogens with zero attached hydrogens (tertiary/aromatic N) is 1. The molecule has 1 atom stereocenters. The molecule has 0 radical (unpaired) electrons. The summed E-state index contributed by atoms with van der Waals surface area (Å²) in [4.78, 5) is 26.6. The van der Waals surface area contributed by atoms with Gasteiger partial charge in [0.15, 0.2) is 6.10 Å². The molecule has 2 N–H and O–H groups in total. The Kier molecular flexibility index (Phi) is 6.25. The maximum atomic E-state index is 12.9. The summed E-state index contributed by atoms with van der Waals surface area (Å²) in [6.45, 7) is 11.9. The summed E-state index contributed by atoms with van der Waals surface area (Å²) in [6, 6.07) is 0. The number of rotatable bonds is 5. The third-order valence-electron chi connectivity index (χ3n) is 6.81. The normalized spacial score (nSPS) is 19.2. The van der Waals surface area contributed by atoms with Crippen molar-refractivity contribution in [3.63, 3.8) is 0 Å². The van der Waals surface area contributed by atoms with Crippen LogP contribution in [0.3, 0.4) is 0 Å². The number of fused-ring (bicyclic) bond motifs is 1.